The molecule has 116 valence electrons. The second kappa shape index (κ2) is 6.25. The zero-order valence-electron chi connectivity index (χ0n) is 13.1. The van der Waals surface area contributed by atoms with Gasteiger partial charge in [0.05, 0.1) is 6.33 Å². The monoisotopic (exact) mass is 299 g/mol. The van der Waals surface area contributed by atoms with E-state index in [-0.39, 0.29) is 11.8 Å². The molecule has 0 aliphatic carbocycles. The third-order valence-electron chi connectivity index (χ3n) is 4.05. The first-order valence-corrected chi connectivity index (χ1v) is 7.67. The van der Waals surface area contributed by atoms with Gasteiger partial charge in [-0.2, -0.15) is 0 Å². The fourth-order valence-electron chi connectivity index (χ4n) is 2.94. The van der Waals surface area contributed by atoms with E-state index in [1.165, 1.54) is 0 Å². The van der Waals surface area contributed by atoms with Crippen molar-refractivity contribution in [1.82, 2.24) is 24.4 Å². The maximum Gasteiger partial charge on any atom is 0.224 e. The van der Waals surface area contributed by atoms with Gasteiger partial charge in [0.15, 0.2) is 0 Å². The van der Waals surface area contributed by atoms with Gasteiger partial charge in [0.2, 0.25) is 5.91 Å². The van der Waals surface area contributed by atoms with E-state index in [0.717, 1.165) is 36.7 Å². The average Bonchev–Trinajstić information content (AvgIpc) is 3.15. The van der Waals surface area contributed by atoms with Crippen molar-refractivity contribution in [2.45, 2.75) is 39.2 Å². The maximum absolute atomic E-state index is 12.3. The Morgan fingerprint density at radius 1 is 1.32 bits per heavy atom. The molecule has 3 heterocycles. The number of nitrogens with zero attached hydrogens (tertiary/aromatic N) is 5. The molecule has 1 fully saturated rings. The molecule has 0 bridgehead atoms. The Hall–Kier alpha value is -2.24. The molecule has 1 unspecified atom stereocenters. The van der Waals surface area contributed by atoms with Crippen LogP contribution in [-0.2, 0) is 11.3 Å². The Labute approximate surface area is 130 Å². The van der Waals surface area contributed by atoms with Crippen LogP contribution in [0.3, 0.4) is 0 Å². The summed E-state index contributed by atoms with van der Waals surface area (Å²) in [5.74, 6) is 1.33. The van der Waals surface area contributed by atoms with Crippen LogP contribution in [0.15, 0.2) is 24.8 Å². The number of carbonyl (C=O) groups is 1. The highest BCUT2D eigenvalue weighted by Gasteiger charge is 2.29. The minimum Gasteiger partial charge on any atom is -0.342 e. The summed E-state index contributed by atoms with van der Waals surface area (Å²) >= 11 is 0. The Balaban J connectivity index is 1.58. The van der Waals surface area contributed by atoms with E-state index in [1.807, 2.05) is 35.6 Å². The standard InChI is InChI=1S/C16H21N5O/c1-12-9-13(2)19-16(18-12)14-3-7-21(10-14)15(22)4-6-20-8-5-17-11-20/h5,8-9,11,14H,3-4,6-7,10H2,1-2H3. The first-order valence-electron chi connectivity index (χ1n) is 7.67. The molecule has 0 aromatic carbocycles. The number of aryl methyl sites for hydroxylation is 3. The molecule has 1 saturated heterocycles. The normalized spacial score (nSPS) is 17.9. The van der Waals surface area contributed by atoms with Gasteiger partial charge in [-0.25, -0.2) is 15.0 Å². The molecule has 3 rings (SSSR count). The minimum atomic E-state index is 0.195. The van der Waals surface area contributed by atoms with Gasteiger partial charge in [-0.1, -0.05) is 0 Å². The summed E-state index contributed by atoms with van der Waals surface area (Å²) in [6, 6.07) is 1.98. The summed E-state index contributed by atoms with van der Waals surface area (Å²) in [4.78, 5) is 27.3. The van der Waals surface area contributed by atoms with Crippen molar-refractivity contribution in [2.24, 2.45) is 0 Å². The lowest BCUT2D eigenvalue weighted by atomic mass is 10.1. The Morgan fingerprint density at radius 2 is 2.09 bits per heavy atom. The molecule has 0 spiro atoms. The van der Waals surface area contributed by atoms with Crippen LogP contribution >= 0.6 is 0 Å². The molecular formula is C16H21N5O. The van der Waals surface area contributed by atoms with Crippen LogP contribution in [0.25, 0.3) is 0 Å². The number of hydrogen-bond acceptors (Lipinski definition) is 4. The van der Waals surface area contributed by atoms with Gasteiger partial charge in [0.1, 0.15) is 5.82 Å². The quantitative estimate of drug-likeness (QED) is 0.862. The number of rotatable bonds is 4. The molecule has 2 aromatic heterocycles. The molecule has 1 amide bonds. The van der Waals surface area contributed by atoms with Gasteiger partial charge in [-0.05, 0) is 26.3 Å². The molecule has 22 heavy (non-hydrogen) atoms. The highest BCUT2D eigenvalue weighted by atomic mass is 16.2. The molecule has 0 N–H and O–H groups in total. The zero-order valence-corrected chi connectivity index (χ0v) is 13.1. The van der Waals surface area contributed by atoms with Crippen molar-refractivity contribution in [2.75, 3.05) is 13.1 Å². The summed E-state index contributed by atoms with van der Waals surface area (Å²) in [5.41, 5.74) is 1.99. The van der Waals surface area contributed by atoms with Gasteiger partial charge in [-0.3, -0.25) is 4.79 Å². The second-order valence-electron chi connectivity index (χ2n) is 5.88. The van der Waals surface area contributed by atoms with Gasteiger partial charge in [-0.15, -0.1) is 0 Å². The van der Waals surface area contributed by atoms with E-state index in [0.29, 0.717) is 13.0 Å². The van der Waals surface area contributed by atoms with Crippen molar-refractivity contribution in [1.29, 1.82) is 0 Å². The van der Waals surface area contributed by atoms with Crippen LogP contribution in [0.5, 0.6) is 0 Å². The Bertz CT molecular complexity index is 632. The summed E-state index contributed by atoms with van der Waals surface area (Å²) in [7, 11) is 0. The fourth-order valence-corrected chi connectivity index (χ4v) is 2.94. The number of likely N-dealkylation sites (tertiary alicyclic amines) is 1. The van der Waals surface area contributed by atoms with E-state index < -0.39 is 0 Å². The van der Waals surface area contributed by atoms with E-state index in [2.05, 4.69) is 15.0 Å². The van der Waals surface area contributed by atoms with Crippen molar-refractivity contribution in [3.8, 4) is 0 Å². The largest absolute Gasteiger partial charge is 0.342 e. The number of aromatic nitrogens is 4. The van der Waals surface area contributed by atoms with Crippen LogP contribution in [0, 0.1) is 13.8 Å². The lowest BCUT2D eigenvalue weighted by Crippen LogP contribution is -2.29. The minimum absolute atomic E-state index is 0.195. The van der Waals surface area contributed by atoms with Gasteiger partial charge >= 0.3 is 0 Å². The van der Waals surface area contributed by atoms with Crippen LogP contribution in [0.2, 0.25) is 0 Å². The third-order valence-corrected chi connectivity index (χ3v) is 4.05. The van der Waals surface area contributed by atoms with Crippen molar-refractivity contribution in [3.63, 3.8) is 0 Å². The highest BCUT2D eigenvalue weighted by molar-refractivity contribution is 5.76. The fraction of sp³-hybridized carbons (Fsp3) is 0.500. The number of imidazole rings is 1. The van der Waals surface area contributed by atoms with Crippen LogP contribution in [0.4, 0.5) is 0 Å². The number of amides is 1. The molecule has 2 aromatic rings. The summed E-state index contributed by atoms with van der Waals surface area (Å²) in [6.07, 6.45) is 6.80. The SMILES string of the molecule is Cc1cc(C)nc(C2CCN(C(=O)CCn3ccnc3)C2)n1. The van der Waals surface area contributed by atoms with Crippen molar-refractivity contribution < 1.29 is 4.79 Å². The number of hydrogen-bond donors (Lipinski definition) is 0. The third kappa shape index (κ3) is 3.32. The average molecular weight is 299 g/mol. The lowest BCUT2D eigenvalue weighted by molar-refractivity contribution is -0.130. The zero-order chi connectivity index (χ0) is 15.5. The maximum atomic E-state index is 12.3. The molecule has 6 nitrogen and oxygen atoms in total. The highest BCUT2D eigenvalue weighted by Crippen LogP contribution is 2.25. The topological polar surface area (TPSA) is 63.9 Å². The van der Waals surface area contributed by atoms with Crippen LogP contribution < -0.4 is 0 Å². The van der Waals surface area contributed by atoms with E-state index in [1.54, 1.807) is 12.5 Å². The predicted molar refractivity (Wildman–Crippen MR) is 82.3 cm³/mol. The Kier molecular flexibility index (Phi) is 4.18. The van der Waals surface area contributed by atoms with E-state index >= 15 is 0 Å². The molecular weight excluding hydrogens is 278 g/mol. The van der Waals surface area contributed by atoms with E-state index in [4.69, 9.17) is 0 Å². The smallest absolute Gasteiger partial charge is 0.224 e. The van der Waals surface area contributed by atoms with Gasteiger partial charge in [0, 0.05) is 55.8 Å². The van der Waals surface area contributed by atoms with Gasteiger partial charge < -0.3 is 9.47 Å². The first-order chi connectivity index (χ1) is 10.6. The van der Waals surface area contributed by atoms with Gasteiger partial charge in [0.25, 0.3) is 0 Å². The van der Waals surface area contributed by atoms with Crippen molar-refractivity contribution in [3.05, 3.63) is 42.0 Å². The molecule has 1 aliphatic rings. The summed E-state index contributed by atoms with van der Waals surface area (Å²) in [5, 5.41) is 0. The number of carbonyl (C=O) groups excluding carboxylic acids is 1. The molecule has 6 heteroatoms. The molecule has 1 aliphatic heterocycles. The van der Waals surface area contributed by atoms with Crippen LogP contribution in [-0.4, -0.2) is 43.4 Å². The molecule has 1 atom stereocenters. The summed E-state index contributed by atoms with van der Waals surface area (Å²) in [6.45, 7) is 6.18. The van der Waals surface area contributed by atoms with Crippen LogP contribution in [0.1, 0.15) is 36.0 Å². The van der Waals surface area contributed by atoms with Crippen molar-refractivity contribution >= 4 is 5.91 Å². The molecule has 0 radical (unpaired) electrons. The first kappa shape index (κ1) is 14.7. The predicted octanol–water partition coefficient (Wildman–Crippen LogP) is 1.70. The summed E-state index contributed by atoms with van der Waals surface area (Å²) < 4.78 is 1.93. The lowest BCUT2D eigenvalue weighted by Gasteiger charge is -2.16. The second-order valence-corrected chi connectivity index (χ2v) is 5.88. The molecule has 0 saturated carbocycles. The Morgan fingerprint density at radius 3 is 2.77 bits per heavy atom. The van der Waals surface area contributed by atoms with E-state index in [9.17, 15) is 4.79 Å².